The van der Waals surface area contributed by atoms with Crippen LogP contribution in [0.3, 0.4) is 0 Å². The van der Waals surface area contributed by atoms with Gasteiger partial charge in [-0.3, -0.25) is 0 Å². The van der Waals surface area contributed by atoms with Gasteiger partial charge in [0.1, 0.15) is 17.5 Å². The normalized spacial score (nSPS) is 10.4. The van der Waals surface area contributed by atoms with Crippen LogP contribution in [0.5, 0.6) is 0 Å². The van der Waals surface area contributed by atoms with Crippen LogP contribution in [0.15, 0.2) is 22.7 Å². The molecule has 0 unspecified atom stereocenters. The molecular weight excluding hydrogens is 318 g/mol. The highest BCUT2D eigenvalue weighted by molar-refractivity contribution is 9.10. The number of nitrogens with one attached hydrogen (secondary N) is 2. The highest BCUT2D eigenvalue weighted by atomic mass is 79.9. The maximum atomic E-state index is 5.51. The molecule has 1 aromatic carbocycles. The van der Waals surface area contributed by atoms with Crippen molar-refractivity contribution in [2.24, 2.45) is 5.84 Å². The summed E-state index contributed by atoms with van der Waals surface area (Å²) in [5.41, 5.74) is 5.67. The van der Waals surface area contributed by atoms with E-state index in [9.17, 15) is 0 Å². The number of anilines is 3. The Balaban J connectivity index is 2.42. The molecule has 0 aliphatic carbocycles. The first-order valence-corrected chi connectivity index (χ1v) is 7.21. The molecule has 0 aliphatic heterocycles. The van der Waals surface area contributed by atoms with Gasteiger partial charge in [-0.2, -0.15) is 0 Å². The summed E-state index contributed by atoms with van der Waals surface area (Å²) >= 11 is 3.46. The fourth-order valence-electron chi connectivity index (χ4n) is 1.88. The number of hydrogen-bond acceptors (Lipinski definition) is 5. The molecule has 20 heavy (non-hydrogen) atoms. The van der Waals surface area contributed by atoms with Crippen LogP contribution >= 0.6 is 15.9 Å². The maximum absolute atomic E-state index is 5.51. The second-order valence-corrected chi connectivity index (χ2v) is 5.46. The Morgan fingerprint density at radius 3 is 2.50 bits per heavy atom. The van der Waals surface area contributed by atoms with Crippen molar-refractivity contribution in [2.45, 2.75) is 27.2 Å². The average Bonchev–Trinajstić information content (AvgIpc) is 2.43. The first-order valence-electron chi connectivity index (χ1n) is 6.42. The Kier molecular flexibility index (Phi) is 4.57. The molecule has 5 nitrogen and oxygen atoms in total. The van der Waals surface area contributed by atoms with E-state index in [0.29, 0.717) is 5.82 Å². The summed E-state index contributed by atoms with van der Waals surface area (Å²) in [5, 5.41) is 3.35. The molecule has 0 aliphatic rings. The number of hydrogen-bond donors (Lipinski definition) is 3. The molecule has 2 aromatic rings. The third-order valence-electron chi connectivity index (χ3n) is 3.09. The molecule has 4 N–H and O–H groups in total. The minimum atomic E-state index is 0.647. The van der Waals surface area contributed by atoms with Gasteiger partial charge in [0.05, 0.1) is 0 Å². The van der Waals surface area contributed by atoms with Gasteiger partial charge in [0.15, 0.2) is 0 Å². The van der Waals surface area contributed by atoms with Crippen molar-refractivity contribution >= 4 is 33.3 Å². The van der Waals surface area contributed by atoms with E-state index in [2.05, 4.69) is 42.7 Å². The Bertz CT molecular complexity index is 627. The van der Waals surface area contributed by atoms with Crippen LogP contribution in [0, 0.1) is 13.8 Å². The number of nitrogens with zero attached hydrogens (tertiary/aromatic N) is 2. The molecule has 1 aromatic heterocycles. The first kappa shape index (κ1) is 14.7. The highest BCUT2D eigenvalue weighted by Crippen LogP contribution is 2.26. The molecule has 0 amide bonds. The van der Waals surface area contributed by atoms with E-state index >= 15 is 0 Å². The second kappa shape index (κ2) is 6.19. The monoisotopic (exact) mass is 335 g/mol. The summed E-state index contributed by atoms with van der Waals surface area (Å²) in [4.78, 5) is 8.88. The number of nitrogens with two attached hydrogens (primary N) is 1. The van der Waals surface area contributed by atoms with Gasteiger partial charge in [0.25, 0.3) is 0 Å². The fraction of sp³-hybridized carbons (Fsp3) is 0.286. The van der Waals surface area contributed by atoms with Gasteiger partial charge in [-0.1, -0.05) is 22.9 Å². The van der Waals surface area contributed by atoms with E-state index in [1.54, 1.807) is 0 Å². The quantitative estimate of drug-likeness (QED) is 0.589. The predicted octanol–water partition coefficient (Wildman–Crippen LogP) is 3.45. The Labute approximate surface area is 127 Å². The summed E-state index contributed by atoms with van der Waals surface area (Å²) in [6, 6.07) is 6.07. The molecule has 0 saturated carbocycles. The molecule has 0 radical (unpaired) electrons. The number of rotatable bonds is 4. The van der Waals surface area contributed by atoms with Crippen LogP contribution in [0.4, 0.5) is 17.3 Å². The van der Waals surface area contributed by atoms with Crippen LogP contribution < -0.4 is 16.6 Å². The number of aryl methyl sites for hydroxylation is 2. The lowest BCUT2D eigenvalue weighted by atomic mass is 10.2. The van der Waals surface area contributed by atoms with Crippen molar-refractivity contribution in [3.05, 3.63) is 39.6 Å². The summed E-state index contributed by atoms with van der Waals surface area (Å²) in [6.07, 6.45) is 0.753. The molecule has 0 atom stereocenters. The smallest absolute Gasteiger partial charge is 0.148 e. The van der Waals surface area contributed by atoms with Crippen molar-refractivity contribution in [3.8, 4) is 0 Å². The van der Waals surface area contributed by atoms with E-state index < -0.39 is 0 Å². The zero-order chi connectivity index (χ0) is 14.7. The van der Waals surface area contributed by atoms with Crippen LogP contribution in [0.2, 0.25) is 0 Å². The van der Waals surface area contributed by atoms with Gasteiger partial charge in [-0.25, -0.2) is 15.8 Å². The molecule has 0 saturated heterocycles. The Morgan fingerprint density at radius 2 is 1.90 bits per heavy atom. The van der Waals surface area contributed by atoms with Gasteiger partial charge in [0.2, 0.25) is 0 Å². The molecule has 0 spiro atoms. The largest absolute Gasteiger partial charge is 0.340 e. The maximum Gasteiger partial charge on any atom is 0.148 e. The standard InChI is InChI=1S/C14H18BrN5/c1-4-12-18-13(9(3)14(19-12)20-16)17-11-6-5-10(15)7-8(11)2/h5-7H,4,16H2,1-3H3,(H2,17,18,19,20). The lowest BCUT2D eigenvalue weighted by Gasteiger charge is -2.14. The number of nitrogen functional groups attached to an aromatic ring is 1. The number of aromatic nitrogens is 2. The zero-order valence-corrected chi connectivity index (χ0v) is 13.4. The van der Waals surface area contributed by atoms with Crippen molar-refractivity contribution in [3.63, 3.8) is 0 Å². The lowest BCUT2D eigenvalue weighted by Crippen LogP contribution is -2.14. The minimum absolute atomic E-state index is 0.647. The van der Waals surface area contributed by atoms with Gasteiger partial charge in [-0.05, 0) is 37.6 Å². The van der Waals surface area contributed by atoms with Gasteiger partial charge < -0.3 is 10.7 Å². The molecule has 106 valence electrons. The Morgan fingerprint density at radius 1 is 1.20 bits per heavy atom. The van der Waals surface area contributed by atoms with Gasteiger partial charge in [0, 0.05) is 22.1 Å². The molecule has 1 heterocycles. The lowest BCUT2D eigenvalue weighted by molar-refractivity contribution is 0.932. The average molecular weight is 336 g/mol. The minimum Gasteiger partial charge on any atom is -0.340 e. The zero-order valence-electron chi connectivity index (χ0n) is 11.8. The van der Waals surface area contributed by atoms with Gasteiger partial charge in [-0.15, -0.1) is 0 Å². The third kappa shape index (κ3) is 3.08. The van der Waals surface area contributed by atoms with E-state index in [-0.39, 0.29) is 0 Å². The fourth-order valence-corrected chi connectivity index (χ4v) is 2.35. The molecule has 0 fully saturated rings. The highest BCUT2D eigenvalue weighted by Gasteiger charge is 2.10. The van der Waals surface area contributed by atoms with Crippen LogP contribution in [-0.4, -0.2) is 9.97 Å². The number of hydrazine groups is 1. The molecule has 0 bridgehead atoms. The van der Waals surface area contributed by atoms with E-state index in [1.165, 1.54) is 0 Å². The van der Waals surface area contributed by atoms with Crippen molar-refractivity contribution in [1.82, 2.24) is 9.97 Å². The summed E-state index contributed by atoms with van der Waals surface area (Å²) in [5.74, 6) is 7.68. The van der Waals surface area contributed by atoms with Crippen LogP contribution in [0.25, 0.3) is 0 Å². The van der Waals surface area contributed by atoms with Crippen molar-refractivity contribution in [2.75, 3.05) is 10.7 Å². The summed E-state index contributed by atoms with van der Waals surface area (Å²) in [6.45, 7) is 6.00. The topological polar surface area (TPSA) is 75.9 Å². The first-order chi connectivity index (χ1) is 9.55. The van der Waals surface area contributed by atoms with Gasteiger partial charge >= 0.3 is 0 Å². The second-order valence-electron chi connectivity index (χ2n) is 4.54. The molecule has 6 heteroatoms. The molecule has 2 rings (SSSR count). The van der Waals surface area contributed by atoms with Crippen molar-refractivity contribution < 1.29 is 0 Å². The third-order valence-corrected chi connectivity index (χ3v) is 3.58. The van der Waals surface area contributed by atoms with Crippen LogP contribution in [0.1, 0.15) is 23.9 Å². The van der Waals surface area contributed by atoms with E-state index in [4.69, 9.17) is 5.84 Å². The summed E-state index contributed by atoms with van der Waals surface area (Å²) in [7, 11) is 0. The SMILES string of the molecule is CCc1nc(NN)c(C)c(Nc2ccc(Br)cc2C)n1. The Hall–Kier alpha value is -1.66. The molecular formula is C14H18BrN5. The van der Waals surface area contributed by atoms with E-state index in [0.717, 1.165) is 39.4 Å². The summed E-state index contributed by atoms with van der Waals surface area (Å²) < 4.78 is 1.05. The predicted molar refractivity (Wildman–Crippen MR) is 86.1 cm³/mol. The van der Waals surface area contributed by atoms with Crippen LogP contribution in [-0.2, 0) is 6.42 Å². The number of benzene rings is 1. The van der Waals surface area contributed by atoms with E-state index in [1.807, 2.05) is 32.9 Å². The number of halogens is 1. The van der Waals surface area contributed by atoms with Crippen molar-refractivity contribution in [1.29, 1.82) is 0 Å².